The van der Waals surface area contributed by atoms with E-state index in [2.05, 4.69) is 229 Å². The van der Waals surface area contributed by atoms with Gasteiger partial charge in [0, 0.05) is 39.0 Å². The minimum absolute atomic E-state index is 0.691. The van der Waals surface area contributed by atoms with E-state index in [-0.39, 0.29) is 0 Å². The molecule has 1 aliphatic carbocycles. The molecule has 2 aromatic heterocycles. The van der Waals surface area contributed by atoms with E-state index < -0.39 is 5.41 Å². The molecule has 13 rings (SSSR count). The molecule has 0 amide bonds. The number of nitrogens with zero attached hydrogens (tertiary/aromatic N) is 1. The van der Waals surface area contributed by atoms with Crippen LogP contribution in [-0.2, 0) is 5.41 Å². The molecule has 3 nitrogen and oxygen atoms in total. The molecule has 1 aliphatic rings. The van der Waals surface area contributed by atoms with Crippen LogP contribution in [0.25, 0.3) is 77.3 Å². The van der Waals surface area contributed by atoms with Crippen LogP contribution in [0.5, 0.6) is 0 Å². The lowest BCUT2D eigenvalue weighted by Crippen LogP contribution is -2.30. The molecule has 0 N–H and O–H groups in total. The van der Waals surface area contributed by atoms with Crippen LogP contribution in [-0.4, -0.2) is 0 Å². The summed E-state index contributed by atoms with van der Waals surface area (Å²) in [6.07, 6.45) is 0. The molecule has 0 atom stereocenters. The fourth-order valence-corrected chi connectivity index (χ4v) is 10.6. The Morgan fingerprint density at radius 3 is 1.66 bits per heavy atom. The molecule has 0 unspecified atom stereocenters. The smallest absolute Gasteiger partial charge is 0.137 e. The molecule has 0 fully saturated rings. The number of hydrogen-bond acceptors (Lipinski definition) is 3. The van der Waals surface area contributed by atoms with Gasteiger partial charge in [0.05, 0.1) is 11.1 Å². The van der Waals surface area contributed by atoms with Crippen LogP contribution in [0.15, 0.2) is 245 Å². The maximum absolute atomic E-state index is 6.62. The Balaban J connectivity index is 1.12. The van der Waals surface area contributed by atoms with Crippen LogP contribution in [0.2, 0.25) is 0 Å². The highest BCUT2D eigenvalue weighted by Crippen LogP contribution is 2.59. The molecule has 0 aliphatic heterocycles. The van der Waals surface area contributed by atoms with Crippen molar-refractivity contribution in [3.63, 3.8) is 0 Å². The van der Waals surface area contributed by atoms with Crippen molar-refractivity contribution in [2.24, 2.45) is 0 Å². The van der Waals surface area contributed by atoms with Crippen LogP contribution in [0, 0.1) is 0 Å². The van der Waals surface area contributed by atoms with Crippen LogP contribution in [0.3, 0.4) is 0 Å². The second kappa shape index (κ2) is 14.3. The number of anilines is 3. The van der Waals surface area contributed by atoms with Crippen molar-refractivity contribution in [3.05, 3.63) is 259 Å². The first-order valence-corrected chi connectivity index (χ1v) is 21.9. The van der Waals surface area contributed by atoms with Gasteiger partial charge in [-0.15, -0.1) is 0 Å². The number of para-hydroxylation sites is 2. The van der Waals surface area contributed by atoms with Crippen molar-refractivity contribution in [3.8, 4) is 33.4 Å². The van der Waals surface area contributed by atoms with Gasteiger partial charge in [0.15, 0.2) is 0 Å². The largest absolute Gasteiger partial charge is 0.456 e. The molecule has 12 aromatic rings. The van der Waals surface area contributed by atoms with Gasteiger partial charge < -0.3 is 13.7 Å². The van der Waals surface area contributed by atoms with E-state index in [0.29, 0.717) is 0 Å². The predicted molar refractivity (Wildman–Crippen MR) is 264 cm³/mol. The summed E-state index contributed by atoms with van der Waals surface area (Å²) in [5, 5.41) is 4.34. The molecule has 10 aromatic carbocycles. The zero-order valence-electron chi connectivity index (χ0n) is 34.8. The maximum Gasteiger partial charge on any atom is 0.137 e. The zero-order chi connectivity index (χ0) is 42.2. The lowest BCUT2D eigenvalue weighted by Gasteiger charge is -2.38. The molecule has 64 heavy (non-hydrogen) atoms. The van der Waals surface area contributed by atoms with Gasteiger partial charge in [-0.05, 0) is 110 Å². The summed E-state index contributed by atoms with van der Waals surface area (Å²) in [6.45, 7) is 0. The summed E-state index contributed by atoms with van der Waals surface area (Å²) >= 11 is 0. The van der Waals surface area contributed by atoms with E-state index in [1.54, 1.807) is 0 Å². The quantitative estimate of drug-likeness (QED) is 0.160. The highest BCUT2D eigenvalue weighted by molar-refractivity contribution is 6.14. The number of benzene rings is 10. The first-order valence-electron chi connectivity index (χ1n) is 21.9. The third-order valence-electron chi connectivity index (χ3n) is 13.3. The first-order chi connectivity index (χ1) is 31.7. The van der Waals surface area contributed by atoms with Gasteiger partial charge in [0.25, 0.3) is 0 Å². The molecular formula is C61H39NO2. The molecule has 3 heteroatoms. The van der Waals surface area contributed by atoms with Crippen LogP contribution in [0.4, 0.5) is 17.1 Å². The van der Waals surface area contributed by atoms with Gasteiger partial charge in [-0.25, -0.2) is 0 Å². The highest BCUT2D eigenvalue weighted by atomic mass is 16.3. The summed E-state index contributed by atoms with van der Waals surface area (Å²) in [4.78, 5) is 2.43. The van der Waals surface area contributed by atoms with Crippen LogP contribution >= 0.6 is 0 Å². The third kappa shape index (κ3) is 5.41. The summed E-state index contributed by atoms with van der Waals surface area (Å²) in [5.41, 5.74) is 17.8. The number of rotatable bonds is 7. The van der Waals surface area contributed by atoms with Gasteiger partial charge in [-0.1, -0.05) is 176 Å². The molecule has 0 bridgehead atoms. The molecule has 0 spiro atoms. The molecule has 2 heterocycles. The third-order valence-corrected chi connectivity index (χ3v) is 13.3. The Hall–Kier alpha value is -8.40. The van der Waals surface area contributed by atoms with Gasteiger partial charge in [0.2, 0.25) is 0 Å². The van der Waals surface area contributed by atoms with Crippen molar-refractivity contribution < 1.29 is 8.83 Å². The van der Waals surface area contributed by atoms with Gasteiger partial charge in [0.1, 0.15) is 22.3 Å². The Morgan fingerprint density at radius 2 is 0.859 bits per heavy atom. The Labute approximate surface area is 370 Å². The Bertz CT molecular complexity index is 3700. The van der Waals surface area contributed by atoms with Crippen molar-refractivity contribution >= 4 is 60.9 Å². The minimum Gasteiger partial charge on any atom is -0.456 e. The Morgan fingerprint density at radius 1 is 0.312 bits per heavy atom. The topological polar surface area (TPSA) is 29.5 Å². The van der Waals surface area contributed by atoms with E-state index in [1.165, 1.54) is 44.5 Å². The van der Waals surface area contributed by atoms with Crippen LogP contribution < -0.4 is 4.90 Å². The van der Waals surface area contributed by atoms with Gasteiger partial charge in [-0.2, -0.15) is 0 Å². The second-order valence-corrected chi connectivity index (χ2v) is 16.7. The van der Waals surface area contributed by atoms with Gasteiger partial charge in [-0.3, -0.25) is 0 Å². The van der Waals surface area contributed by atoms with E-state index in [0.717, 1.165) is 72.1 Å². The van der Waals surface area contributed by atoms with Crippen molar-refractivity contribution in [2.75, 3.05) is 4.90 Å². The Kier molecular flexibility index (Phi) is 8.13. The average Bonchev–Trinajstić information content (AvgIpc) is 4.03. The highest BCUT2D eigenvalue weighted by Gasteiger charge is 2.48. The molecule has 300 valence electrons. The lowest BCUT2D eigenvalue weighted by molar-refractivity contribution is 0.668. The fourth-order valence-electron chi connectivity index (χ4n) is 10.6. The predicted octanol–water partition coefficient (Wildman–Crippen LogP) is 16.7. The first kappa shape index (κ1) is 36.3. The molecule has 0 saturated heterocycles. The minimum atomic E-state index is -0.691. The van der Waals surface area contributed by atoms with Crippen molar-refractivity contribution in [1.82, 2.24) is 0 Å². The van der Waals surface area contributed by atoms with Crippen LogP contribution in [0.1, 0.15) is 22.3 Å². The normalized spacial score (nSPS) is 12.8. The van der Waals surface area contributed by atoms with Crippen molar-refractivity contribution in [1.29, 1.82) is 0 Å². The molecule has 0 saturated carbocycles. The number of hydrogen-bond donors (Lipinski definition) is 0. The van der Waals surface area contributed by atoms with E-state index in [4.69, 9.17) is 8.83 Å². The van der Waals surface area contributed by atoms with E-state index in [1.807, 2.05) is 12.1 Å². The SMILES string of the molecule is c1ccc(-c2cccc(C3(c4ccccc4N(c4ccc5c(c4)oc4ccccc45)c4ccc5oc6cccc(-c7ccccc7)c6c5c4)c4ccccc4-c4ccccc43)c2)cc1. The number of furan rings is 2. The lowest BCUT2D eigenvalue weighted by atomic mass is 9.66. The van der Waals surface area contributed by atoms with Crippen molar-refractivity contribution in [2.45, 2.75) is 5.41 Å². The van der Waals surface area contributed by atoms with E-state index in [9.17, 15) is 0 Å². The summed E-state index contributed by atoms with van der Waals surface area (Å²) in [7, 11) is 0. The van der Waals surface area contributed by atoms with Gasteiger partial charge >= 0.3 is 0 Å². The summed E-state index contributed by atoms with van der Waals surface area (Å²) < 4.78 is 13.2. The number of fused-ring (bicyclic) bond motifs is 9. The fraction of sp³-hybridized carbons (Fsp3) is 0.0164. The molecule has 0 radical (unpaired) electrons. The van der Waals surface area contributed by atoms with E-state index >= 15 is 0 Å². The molecular weight excluding hydrogens is 779 g/mol. The average molecular weight is 818 g/mol. The summed E-state index contributed by atoms with van der Waals surface area (Å²) in [5.74, 6) is 0. The zero-order valence-corrected chi connectivity index (χ0v) is 34.8. The second-order valence-electron chi connectivity index (χ2n) is 16.7. The maximum atomic E-state index is 6.62. The monoisotopic (exact) mass is 817 g/mol. The standard InChI is InChI=1S/C61H39NO2/c1-3-17-40(18-4-1)42-21-15-22-43(37-42)61(52-27-10-7-23-47(52)48-24-8-11-28-53(48)61)54-29-12-13-30-55(54)62(45-33-35-50-49-25-9-14-31-56(49)64-59(50)39-45)44-34-36-57-51(38-44)60-46(26-16-32-58(60)63-57)41-19-5-2-6-20-41/h1-39H. The summed E-state index contributed by atoms with van der Waals surface area (Å²) in [6, 6.07) is 85.4.